The molecule has 1 rings (SSSR count). The van der Waals surface area contributed by atoms with Crippen LogP contribution in [0.1, 0.15) is 24.0 Å². The predicted molar refractivity (Wildman–Crippen MR) is 73.8 cm³/mol. The Labute approximate surface area is 114 Å². The first-order valence-electron chi connectivity index (χ1n) is 6.40. The lowest BCUT2D eigenvalue weighted by molar-refractivity contribution is -0.141. The molecule has 0 heterocycles. The summed E-state index contributed by atoms with van der Waals surface area (Å²) in [6, 6.07) is 8.05. The number of carbonyl (C=O) groups is 2. The SMILES string of the molecule is COC(=O)CCN(C)C(=O)CCc1ccccc1C. The molecule has 0 radical (unpaired) electrons. The van der Waals surface area contributed by atoms with Gasteiger partial charge in [0.05, 0.1) is 13.5 Å². The van der Waals surface area contributed by atoms with Crippen LogP contribution in [0.2, 0.25) is 0 Å². The normalized spacial score (nSPS) is 10.1. The summed E-state index contributed by atoms with van der Waals surface area (Å²) in [7, 11) is 3.06. The molecular formula is C15H21NO3. The number of esters is 1. The van der Waals surface area contributed by atoms with Crippen molar-refractivity contribution in [3.05, 3.63) is 35.4 Å². The highest BCUT2D eigenvalue weighted by molar-refractivity contribution is 5.77. The van der Waals surface area contributed by atoms with Crippen LogP contribution in [0.25, 0.3) is 0 Å². The van der Waals surface area contributed by atoms with Crippen LogP contribution >= 0.6 is 0 Å². The van der Waals surface area contributed by atoms with Crippen molar-refractivity contribution in [3.8, 4) is 0 Å². The van der Waals surface area contributed by atoms with Gasteiger partial charge in [-0.2, -0.15) is 0 Å². The maximum absolute atomic E-state index is 11.9. The van der Waals surface area contributed by atoms with Gasteiger partial charge in [0.2, 0.25) is 5.91 Å². The second-order valence-electron chi connectivity index (χ2n) is 4.57. The van der Waals surface area contributed by atoms with Crippen molar-refractivity contribution >= 4 is 11.9 Å². The Morgan fingerprint density at radius 3 is 2.53 bits per heavy atom. The quantitative estimate of drug-likeness (QED) is 0.737. The van der Waals surface area contributed by atoms with E-state index >= 15 is 0 Å². The number of nitrogens with zero attached hydrogens (tertiary/aromatic N) is 1. The lowest BCUT2D eigenvalue weighted by atomic mass is 10.0. The van der Waals surface area contributed by atoms with E-state index < -0.39 is 0 Å². The van der Waals surface area contributed by atoms with Crippen molar-refractivity contribution in [3.63, 3.8) is 0 Å². The van der Waals surface area contributed by atoms with Gasteiger partial charge in [-0.15, -0.1) is 0 Å². The van der Waals surface area contributed by atoms with Crippen molar-refractivity contribution < 1.29 is 14.3 Å². The topological polar surface area (TPSA) is 46.6 Å². The molecule has 0 saturated carbocycles. The number of benzene rings is 1. The largest absolute Gasteiger partial charge is 0.469 e. The molecule has 0 aromatic heterocycles. The summed E-state index contributed by atoms with van der Waals surface area (Å²) in [4.78, 5) is 24.5. The molecule has 0 saturated heterocycles. The lowest BCUT2D eigenvalue weighted by Gasteiger charge is -2.16. The molecule has 0 fully saturated rings. The summed E-state index contributed by atoms with van der Waals surface area (Å²) in [6.07, 6.45) is 1.43. The van der Waals surface area contributed by atoms with E-state index in [1.807, 2.05) is 31.2 Å². The van der Waals surface area contributed by atoms with E-state index in [1.165, 1.54) is 18.2 Å². The zero-order valence-electron chi connectivity index (χ0n) is 11.8. The Morgan fingerprint density at radius 2 is 1.89 bits per heavy atom. The van der Waals surface area contributed by atoms with Gasteiger partial charge in [-0.3, -0.25) is 9.59 Å². The van der Waals surface area contributed by atoms with E-state index in [0.717, 1.165) is 6.42 Å². The standard InChI is InChI=1S/C15H21NO3/c1-12-6-4-5-7-13(12)8-9-14(17)16(2)11-10-15(18)19-3/h4-7H,8-11H2,1-3H3. The van der Waals surface area contributed by atoms with Crippen LogP contribution in [0.5, 0.6) is 0 Å². The Balaban J connectivity index is 2.38. The molecule has 0 spiro atoms. The zero-order valence-corrected chi connectivity index (χ0v) is 11.8. The van der Waals surface area contributed by atoms with Crippen molar-refractivity contribution in [2.75, 3.05) is 20.7 Å². The molecule has 0 aliphatic rings. The lowest BCUT2D eigenvalue weighted by Crippen LogP contribution is -2.29. The molecule has 1 aromatic rings. The zero-order chi connectivity index (χ0) is 14.3. The average Bonchev–Trinajstić information content (AvgIpc) is 2.43. The number of hydrogen-bond acceptors (Lipinski definition) is 3. The fourth-order valence-corrected chi connectivity index (χ4v) is 1.81. The third kappa shape index (κ3) is 5.12. The third-order valence-corrected chi connectivity index (χ3v) is 3.17. The van der Waals surface area contributed by atoms with Crippen LogP contribution in [0.15, 0.2) is 24.3 Å². The van der Waals surface area contributed by atoms with Gasteiger partial charge in [0.15, 0.2) is 0 Å². The van der Waals surface area contributed by atoms with Gasteiger partial charge in [-0.25, -0.2) is 0 Å². The van der Waals surface area contributed by atoms with Gasteiger partial charge in [-0.1, -0.05) is 24.3 Å². The molecule has 1 aromatic carbocycles. The Morgan fingerprint density at radius 1 is 1.21 bits per heavy atom. The molecule has 104 valence electrons. The minimum Gasteiger partial charge on any atom is -0.469 e. The number of aryl methyl sites for hydroxylation is 2. The first kappa shape index (κ1) is 15.2. The third-order valence-electron chi connectivity index (χ3n) is 3.17. The van der Waals surface area contributed by atoms with Crippen LogP contribution < -0.4 is 0 Å². The molecule has 0 bridgehead atoms. The van der Waals surface area contributed by atoms with E-state index in [4.69, 9.17) is 0 Å². The van der Waals surface area contributed by atoms with Crippen LogP contribution in [-0.2, 0) is 20.7 Å². The highest BCUT2D eigenvalue weighted by atomic mass is 16.5. The number of methoxy groups -OCH3 is 1. The number of ether oxygens (including phenoxy) is 1. The van der Waals surface area contributed by atoms with Gasteiger partial charge in [-0.05, 0) is 24.5 Å². The first-order valence-corrected chi connectivity index (χ1v) is 6.40. The highest BCUT2D eigenvalue weighted by Gasteiger charge is 2.11. The summed E-state index contributed by atoms with van der Waals surface area (Å²) < 4.78 is 4.55. The smallest absolute Gasteiger partial charge is 0.307 e. The summed E-state index contributed by atoms with van der Waals surface area (Å²) in [5.41, 5.74) is 2.39. The monoisotopic (exact) mass is 263 g/mol. The molecule has 4 nitrogen and oxygen atoms in total. The molecule has 1 amide bonds. The molecule has 0 atom stereocenters. The molecular weight excluding hydrogens is 242 g/mol. The minimum atomic E-state index is -0.293. The van der Waals surface area contributed by atoms with E-state index in [1.54, 1.807) is 11.9 Å². The molecule has 4 heteroatoms. The first-order chi connectivity index (χ1) is 9.04. The van der Waals surface area contributed by atoms with E-state index in [2.05, 4.69) is 4.74 Å². The Bertz CT molecular complexity index is 443. The van der Waals surface area contributed by atoms with Gasteiger partial charge >= 0.3 is 5.97 Å². The van der Waals surface area contributed by atoms with Crippen molar-refractivity contribution in [2.45, 2.75) is 26.2 Å². The number of hydrogen-bond donors (Lipinski definition) is 0. The minimum absolute atomic E-state index is 0.0483. The fourth-order valence-electron chi connectivity index (χ4n) is 1.81. The van der Waals surface area contributed by atoms with Crippen LogP contribution in [0.3, 0.4) is 0 Å². The van der Waals surface area contributed by atoms with E-state index in [0.29, 0.717) is 13.0 Å². The van der Waals surface area contributed by atoms with Crippen LogP contribution in [0.4, 0.5) is 0 Å². The molecule has 0 unspecified atom stereocenters. The van der Waals surface area contributed by atoms with Crippen molar-refractivity contribution in [1.29, 1.82) is 0 Å². The molecule has 0 aliphatic heterocycles. The summed E-state index contributed by atoms with van der Waals surface area (Å²) in [6.45, 7) is 2.44. The summed E-state index contributed by atoms with van der Waals surface area (Å²) >= 11 is 0. The maximum Gasteiger partial charge on any atom is 0.307 e. The summed E-state index contributed by atoms with van der Waals surface area (Å²) in [5, 5.41) is 0. The average molecular weight is 263 g/mol. The second-order valence-corrected chi connectivity index (χ2v) is 4.57. The van der Waals surface area contributed by atoms with E-state index in [9.17, 15) is 9.59 Å². The summed E-state index contributed by atoms with van der Waals surface area (Å²) in [5.74, 6) is -0.245. The maximum atomic E-state index is 11.9. The molecule has 0 N–H and O–H groups in total. The Kier molecular flexibility index (Phi) is 6.06. The van der Waals surface area contributed by atoms with Crippen molar-refractivity contribution in [2.24, 2.45) is 0 Å². The predicted octanol–water partition coefficient (Wildman–Crippen LogP) is 1.95. The van der Waals surface area contributed by atoms with Crippen LogP contribution in [-0.4, -0.2) is 37.5 Å². The molecule has 19 heavy (non-hydrogen) atoms. The van der Waals surface area contributed by atoms with E-state index in [-0.39, 0.29) is 18.3 Å². The highest BCUT2D eigenvalue weighted by Crippen LogP contribution is 2.10. The number of rotatable bonds is 6. The van der Waals surface area contributed by atoms with Crippen molar-refractivity contribution in [1.82, 2.24) is 4.90 Å². The van der Waals surface area contributed by atoms with Gasteiger partial charge < -0.3 is 9.64 Å². The molecule has 0 aliphatic carbocycles. The fraction of sp³-hybridized carbons (Fsp3) is 0.467. The van der Waals surface area contributed by atoms with Gasteiger partial charge in [0.1, 0.15) is 0 Å². The number of carbonyl (C=O) groups excluding carboxylic acids is 2. The second kappa shape index (κ2) is 7.56. The van der Waals surface area contributed by atoms with Gasteiger partial charge in [0.25, 0.3) is 0 Å². The van der Waals surface area contributed by atoms with Gasteiger partial charge in [0, 0.05) is 20.0 Å². The van der Waals surface area contributed by atoms with Crippen LogP contribution in [0, 0.1) is 6.92 Å². The number of amides is 1. The Hall–Kier alpha value is -1.84.